The normalized spacial score (nSPS) is 10.4. The van der Waals surface area contributed by atoms with Crippen molar-refractivity contribution in [1.29, 1.82) is 5.26 Å². The third-order valence-corrected chi connectivity index (χ3v) is 4.14. The summed E-state index contributed by atoms with van der Waals surface area (Å²) in [5.74, 6) is -0.472. The van der Waals surface area contributed by atoms with Crippen LogP contribution in [0.5, 0.6) is 0 Å². The maximum Gasteiger partial charge on any atom is 0.263 e. The molecule has 0 aliphatic heterocycles. The van der Waals surface area contributed by atoms with Gasteiger partial charge in [0.15, 0.2) is 5.15 Å². The van der Waals surface area contributed by atoms with Crippen LogP contribution in [0.15, 0.2) is 47.4 Å². The van der Waals surface area contributed by atoms with Crippen LogP contribution in [0.25, 0.3) is 10.9 Å². The summed E-state index contributed by atoms with van der Waals surface area (Å²) < 4.78 is 1.32. The lowest BCUT2D eigenvalue weighted by molar-refractivity contribution is 0.0949. The molecule has 124 valence electrons. The topological polar surface area (TPSA) is 87.8 Å². The van der Waals surface area contributed by atoms with Gasteiger partial charge >= 0.3 is 0 Å². The molecule has 1 amide bonds. The molecule has 25 heavy (non-hydrogen) atoms. The molecule has 0 radical (unpaired) electrons. The molecule has 0 saturated carbocycles. The van der Waals surface area contributed by atoms with E-state index in [0.29, 0.717) is 16.5 Å². The molecule has 7 heteroatoms. The molecular weight excluding hydrogens is 340 g/mol. The second-order valence-electron chi connectivity index (χ2n) is 5.45. The van der Waals surface area contributed by atoms with Crippen molar-refractivity contribution >= 4 is 28.4 Å². The number of hydrogen-bond acceptors (Lipinski definition) is 4. The molecule has 0 aliphatic carbocycles. The van der Waals surface area contributed by atoms with Crippen molar-refractivity contribution in [2.75, 3.05) is 0 Å². The highest BCUT2D eigenvalue weighted by Crippen LogP contribution is 2.19. The Kier molecular flexibility index (Phi) is 4.50. The number of fused-ring (bicyclic) bond motifs is 1. The Bertz CT molecular complexity index is 1070. The first-order chi connectivity index (χ1) is 12.0. The molecule has 0 bridgehead atoms. The van der Waals surface area contributed by atoms with Gasteiger partial charge in [-0.1, -0.05) is 23.7 Å². The van der Waals surface area contributed by atoms with Gasteiger partial charge in [0, 0.05) is 25.2 Å². The Balaban J connectivity index is 1.88. The minimum Gasteiger partial charge on any atom is -0.348 e. The van der Waals surface area contributed by atoms with Gasteiger partial charge in [-0.3, -0.25) is 9.59 Å². The van der Waals surface area contributed by atoms with Gasteiger partial charge in [-0.25, -0.2) is 4.98 Å². The maximum atomic E-state index is 12.5. The summed E-state index contributed by atoms with van der Waals surface area (Å²) in [4.78, 5) is 28.8. The number of rotatable bonds is 3. The Morgan fingerprint density at radius 1 is 1.32 bits per heavy atom. The van der Waals surface area contributed by atoms with Gasteiger partial charge in [-0.05, 0) is 29.8 Å². The zero-order chi connectivity index (χ0) is 18.0. The minimum absolute atomic E-state index is 0.0333. The van der Waals surface area contributed by atoms with Crippen LogP contribution in [0.1, 0.15) is 21.5 Å². The van der Waals surface area contributed by atoms with Gasteiger partial charge in [0.25, 0.3) is 11.5 Å². The van der Waals surface area contributed by atoms with Crippen LogP contribution in [0.2, 0.25) is 5.15 Å². The number of nitriles is 1. The summed E-state index contributed by atoms with van der Waals surface area (Å²) in [6.45, 7) is 0.253. The molecule has 0 atom stereocenters. The van der Waals surface area contributed by atoms with Gasteiger partial charge in [0.1, 0.15) is 5.56 Å². The van der Waals surface area contributed by atoms with Crippen molar-refractivity contribution in [2.45, 2.75) is 6.54 Å². The summed E-state index contributed by atoms with van der Waals surface area (Å²) >= 11 is 6.04. The van der Waals surface area contributed by atoms with Gasteiger partial charge in [-0.15, -0.1) is 0 Å². The van der Waals surface area contributed by atoms with Crippen LogP contribution in [-0.2, 0) is 13.6 Å². The van der Waals surface area contributed by atoms with E-state index in [1.54, 1.807) is 37.4 Å². The number of aryl methyl sites for hydroxylation is 1. The molecule has 3 rings (SSSR count). The third kappa shape index (κ3) is 3.23. The molecule has 0 saturated heterocycles. The van der Waals surface area contributed by atoms with Crippen molar-refractivity contribution in [1.82, 2.24) is 14.9 Å². The molecule has 2 heterocycles. The molecular formula is C18H13ClN4O2. The molecule has 0 spiro atoms. The van der Waals surface area contributed by atoms with E-state index >= 15 is 0 Å². The van der Waals surface area contributed by atoms with Gasteiger partial charge < -0.3 is 9.88 Å². The zero-order valence-electron chi connectivity index (χ0n) is 13.3. The number of halogens is 1. The second-order valence-corrected chi connectivity index (χ2v) is 5.81. The molecule has 0 unspecified atom stereocenters. The van der Waals surface area contributed by atoms with E-state index in [0.717, 1.165) is 5.56 Å². The highest BCUT2D eigenvalue weighted by Gasteiger charge is 2.15. The maximum absolute atomic E-state index is 12.5. The predicted octanol–water partition coefficient (Wildman–Crippen LogP) is 2.39. The summed E-state index contributed by atoms with van der Waals surface area (Å²) in [5, 5.41) is 12.4. The number of carbonyl (C=O) groups is 1. The van der Waals surface area contributed by atoms with E-state index in [9.17, 15) is 9.59 Å². The monoisotopic (exact) mass is 352 g/mol. The van der Waals surface area contributed by atoms with Crippen molar-refractivity contribution in [3.63, 3.8) is 0 Å². The second kappa shape index (κ2) is 6.75. The smallest absolute Gasteiger partial charge is 0.263 e. The van der Waals surface area contributed by atoms with Crippen molar-refractivity contribution in [3.05, 3.63) is 74.8 Å². The average molecular weight is 353 g/mol. The number of amides is 1. The van der Waals surface area contributed by atoms with Gasteiger partial charge in [0.05, 0.1) is 17.1 Å². The zero-order valence-corrected chi connectivity index (χ0v) is 14.0. The van der Waals surface area contributed by atoms with E-state index in [4.69, 9.17) is 16.9 Å². The number of nitrogens with one attached hydrogen (secondary N) is 1. The Labute approximate surface area is 148 Å². The largest absolute Gasteiger partial charge is 0.348 e. The van der Waals surface area contributed by atoms with Crippen molar-refractivity contribution in [2.24, 2.45) is 7.05 Å². The highest BCUT2D eigenvalue weighted by atomic mass is 35.5. The SMILES string of the molecule is Cn1c(=O)c(C(=O)NCc2ccc(C#N)cc2)cc2ccnc(Cl)c21. The summed E-state index contributed by atoms with van der Waals surface area (Å²) in [6, 6.07) is 12.1. The Morgan fingerprint density at radius 3 is 2.72 bits per heavy atom. The number of hydrogen-bond donors (Lipinski definition) is 1. The fourth-order valence-corrected chi connectivity index (χ4v) is 2.82. The molecule has 0 fully saturated rings. The van der Waals surface area contributed by atoms with Gasteiger partial charge in [0.2, 0.25) is 0 Å². The lowest BCUT2D eigenvalue weighted by Gasteiger charge is -2.10. The number of benzene rings is 1. The Morgan fingerprint density at radius 2 is 2.04 bits per heavy atom. The lowest BCUT2D eigenvalue weighted by Crippen LogP contribution is -2.32. The molecule has 6 nitrogen and oxygen atoms in total. The van der Waals surface area contributed by atoms with Crippen LogP contribution in [0.3, 0.4) is 0 Å². The lowest BCUT2D eigenvalue weighted by atomic mass is 10.1. The average Bonchev–Trinajstić information content (AvgIpc) is 2.63. The minimum atomic E-state index is -0.472. The van der Waals surface area contributed by atoms with Gasteiger partial charge in [-0.2, -0.15) is 5.26 Å². The fraction of sp³-hybridized carbons (Fsp3) is 0.111. The summed E-state index contributed by atoms with van der Waals surface area (Å²) in [6.07, 6.45) is 1.52. The van der Waals surface area contributed by atoms with E-state index in [2.05, 4.69) is 10.3 Å². The van der Waals surface area contributed by atoms with Crippen LogP contribution >= 0.6 is 11.6 Å². The molecule has 2 aromatic heterocycles. The highest BCUT2D eigenvalue weighted by molar-refractivity contribution is 6.33. The van der Waals surface area contributed by atoms with Crippen LogP contribution in [0, 0.1) is 11.3 Å². The summed E-state index contributed by atoms with van der Waals surface area (Å²) in [7, 11) is 1.55. The predicted molar refractivity (Wildman–Crippen MR) is 94.3 cm³/mol. The molecule has 3 aromatic rings. The number of carbonyl (C=O) groups excluding carboxylic acids is 1. The van der Waals surface area contributed by atoms with Crippen molar-refractivity contribution in [3.8, 4) is 6.07 Å². The first kappa shape index (κ1) is 16.7. The number of pyridine rings is 2. The van der Waals surface area contributed by atoms with Crippen LogP contribution < -0.4 is 10.9 Å². The van der Waals surface area contributed by atoms with Crippen LogP contribution in [-0.4, -0.2) is 15.5 Å². The van der Waals surface area contributed by atoms with E-state index in [-0.39, 0.29) is 17.3 Å². The summed E-state index contributed by atoms with van der Waals surface area (Å²) in [5.41, 5.74) is 1.45. The van der Waals surface area contributed by atoms with E-state index in [1.165, 1.54) is 16.8 Å². The molecule has 0 aliphatic rings. The third-order valence-electron chi connectivity index (χ3n) is 3.86. The van der Waals surface area contributed by atoms with E-state index < -0.39 is 11.5 Å². The van der Waals surface area contributed by atoms with Crippen molar-refractivity contribution < 1.29 is 4.79 Å². The standard InChI is InChI=1S/C18H13ClN4O2/c1-23-15-13(6-7-21-16(15)19)8-14(18(23)25)17(24)22-10-12-4-2-11(9-20)3-5-12/h2-8H,10H2,1H3,(H,22,24). The molecule has 1 N–H and O–H groups in total. The number of aromatic nitrogens is 2. The molecule has 1 aromatic carbocycles. The quantitative estimate of drug-likeness (QED) is 0.733. The first-order valence-corrected chi connectivity index (χ1v) is 7.80. The Hall–Kier alpha value is -3.17. The van der Waals surface area contributed by atoms with E-state index in [1.807, 2.05) is 6.07 Å². The number of nitrogens with zero attached hydrogens (tertiary/aromatic N) is 3. The first-order valence-electron chi connectivity index (χ1n) is 7.42. The van der Waals surface area contributed by atoms with Crippen LogP contribution in [0.4, 0.5) is 0 Å². The fourth-order valence-electron chi connectivity index (χ4n) is 2.53.